The van der Waals surface area contributed by atoms with Crippen molar-refractivity contribution in [2.24, 2.45) is 0 Å². The van der Waals surface area contributed by atoms with Crippen LogP contribution in [0, 0.1) is 0 Å². The van der Waals surface area contributed by atoms with Gasteiger partial charge in [-0.25, -0.2) is 4.79 Å². The molecule has 0 aromatic carbocycles. The molecule has 0 rings (SSSR count). The van der Waals surface area contributed by atoms with Crippen LogP contribution in [0.15, 0.2) is 0 Å². The minimum absolute atomic E-state index is 0.00773. The zero-order valence-electron chi connectivity index (χ0n) is 8.12. The molecule has 0 heterocycles. The number of hydrogen-bond acceptors (Lipinski definition) is 4. The Balaban J connectivity index is 3.08. The Morgan fingerprint density at radius 1 is 1.15 bits per heavy atom. The average Bonchev–Trinajstić information content (AvgIpc) is 2.14. The topological polar surface area (TPSA) is 55.8 Å². The molecule has 13 heavy (non-hydrogen) atoms. The lowest BCUT2D eigenvalue weighted by Gasteiger charge is -2.04. The Hall–Kier alpha value is -0.770. The lowest BCUT2D eigenvalue weighted by molar-refractivity contribution is 0.0425. The van der Waals surface area contributed by atoms with Crippen LogP contribution in [0.25, 0.3) is 0 Å². The van der Waals surface area contributed by atoms with Crippen LogP contribution < -0.4 is 0 Å². The van der Waals surface area contributed by atoms with Gasteiger partial charge in [0.05, 0.1) is 13.2 Å². The molecule has 0 aliphatic heterocycles. The molecule has 4 heteroatoms. The molecule has 0 aliphatic rings. The van der Waals surface area contributed by atoms with E-state index in [0.717, 1.165) is 25.7 Å². The van der Waals surface area contributed by atoms with Crippen molar-refractivity contribution < 1.29 is 19.4 Å². The fraction of sp³-hybridized carbons (Fsp3) is 0.889. The molecule has 4 nitrogen and oxygen atoms in total. The van der Waals surface area contributed by atoms with Crippen molar-refractivity contribution in [1.29, 1.82) is 0 Å². The predicted octanol–water partition coefficient (Wildman–Crippen LogP) is 1.71. The molecule has 0 saturated heterocycles. The SMILES string of the molecule is CCCCCCOC(=O)OCCO. The molecule has 0 fully saturated rings. The predicted molar refractivity (Wildman–Crippen MR) is 48.5 cm³/mol. The van der Waals surface area contributed by atoms with Crippen molar-refractivity contribution in [3.8, 4) is 0 Å². The third-order valence-corrected chi connectivity index (χ3v) is 1.53. The van der Waals surface area contributed by atoms with Gasteiger partial charge in [0.15, 0.2) is 0 Å². The van der Waals surface area contributed by atoms with Gasteiger partial charge in [-0.3, -0.25) is 0 Å². The molecule has 1 N–H and O–H groups in total. The average molecular weight is 190 g/mol. The van der Waals surface area contributed by atoms with E-state index in [-0.39, 0.29) is 13.2 Å². The van der Waals surface area contributed by atoms with Crippen LogP contribution in [0.2, 0.25) is 0 Å². The quantitative estimate of drug-likeness (QED) is 0.490. The second kappa shape index (κ2) is 9.32. The number of ether oxygens (including phenoxy) is 2. The zero-order chi connectivity index (χ0) is 9.94. The minimum atomic E-state index is -0.689. The van der Waals surface area contributed by atoms with E-state index in [1.54, 1.807) is 0 Å². The first-order chi connectivity index (χ1) is 6.31. The van der Waals surface area contributed by atoms with Crippen LogP contribution in [-0.4, -0.2) is 31.1 Å². The highest BCUT2D eigenvalue weighted by molar-refractivity contribution is 5.59. The molecule has 0 spiro atoms. The molecule has 0 bridgehead atoms. The summed E-state index contributed by atoms with van der Waals surface area (Å²) in [7, 11) is 0. The summed E-state index contributed by atoms with van der Waals surface area (Å²) in [5, 5.41) is 8.32. The molecule has 0 aliphatic carbocycles. The summed E-state index contributed by atoms with van der Waals surface area (Å²) in [6.07, 6.45) is 3.58. The molecule has 0 aromatic rings. The van der Waals surface area contributed by atoms with E-state index in [1.165, 1.54) is 0 Å². The lowest BCUT2D eigenvalue weighted by atomic mass is 10.2. The highest BCUT2D eigenvalue weighted by atomic mass is 16.7. The highest BCUT2D eigenvalue weighted by Gasteiger charge is 2.01. The maximum absolute atomic E-state index is 10.7. The molecular formula is C9H18O4. The van der Waals surface area contributed by atoms with E-state index in [2.05, 4.69) is 11.7 Å². The van der Waals surface area contributed by atoms with Gasteiger partial charge in [0.25, 0.3) is 0 Å². The molecule has 0 atom stereocenters. The number of unbranched alkanes of at least 4 members (excludes halogenated alkanes) is 3. The number of aliphatic hydroxyl groups excluding tert-OH is 1. The van der Waals surface area contributed by atoms with Crippen molar-refractivity contribution in [2.45, 2.75) is 32.6 Å². The minimum Gasteiger partial charge on any atom is -0.434 e. The highest BCUT2D eigenvalue weighted by Crippen LogP contribution is 1.99. The van der Waals surface area contributed by atoms with Crippen molar-refractivity contribution in [1.82, 2.24) is 0 Å². The first kappa shape index (κ1) is 12.2. The maximum Gasteiger partial charge on any atom is 0.508 e. The van der Waals surface area contributed by atoms with Crippen molar-refractivity contribution in [3.05, 3.63) is 0 Å². The zero-order valence-corrected chi connectivity index (χ0v) is 8.12. The molecule has 78 valence electrons. The third-order valence-electron chi connectivity index (χ3n) is 1.53. The molecular weight excluding hydrogens is 172 g/mol. The normalized spacial score (nSPS) is 9.69. The van der Waals surface area contributed by atoms with E-state index < -0.39 is 6.16 Å². The number of rotatable bonds is 7. The Labute approximate surface area is 78.8 Å². The lowest BCUT2D eigenvalue weighted by Crippen LogP contribution is -2.11. The van der Waals surface area contributed by atoms with E-state index in [4.69, 9.17) is 9.84 Å². The van der Waals surface area contributed by atoms with Crippen molar-refractivity contribution in [3.63, 3.8) is 0 Å². The fourth-order valence-electron chi connectivity index (χ4n) is 0.855. The first-order valence-electron chi connectivity index (χ1n) is 4.71. The summed E-state index contributed by atoms with van der Waals surface area (Å²) in [6, 6.07) is 0. The Bertz CT molecular complexity index is 125. The first-order valence-corrected chi connectivity index (χ1v) is 4.71. The Kier molecular flexibility index (Phi) is 8.77. The van der Waals surface area contributed by atoms with E-state index in [1.807, 2.05) is 0 Å². The number of carbonyl (C=O) groups excluding carboxylic acids is 1. The van der Waals surface area contributed by atoms with Gasteiger partial charge < -0.3 is 14.6 Å². The fourth-order valence-corrected chi connectivity index (χ4v) is 0.855. The van der Waals surface area contributed by atoms with E-state index >= 15 is 0 Å². The van der Waals surface area contributed by atoms with Gasteiger partial charge in [-0.15, -0.1) is 0 Å². The van der Waals surface area contributed by atoms with Gasteiger partial charge in [-0.05, 0) is 6.42 Å². The Morgan fingerprint density at radius 3 is 2.46 bits per heavy atom. The van der Waals surface area contributed by atoms with Gasteiger partial charge in [-0.1, -0.05) is 26.2 Å². The van der Waals surface area contributed by atoms with Crippen LogP contribution in [0.5, 0.6) is 0 Å². The Morgan fingerprint density at radius 2 is 1.85 bits per heavy atom. The van der Waals surface area contributed by atoms with Gasteiger partial charge in [-0.2, -0.15) is 0 Å². The third kappa shape index (κ3) is 9.14. The standard InChI is InChI=1S/C9H18O4/c1-2-3-4-5-7-12-9(11)13-8-6-10/h10H,2-8H2,1H3. The molecule has 0 amide bonds. The second-order valence-corrected chi connectivity index (χ2v) is 2.73. The van der Waals surface area contributed by atoms with E-state index in [9.17, 15) is 4.79 Å². The van der Waals surface area contributed by atoms with Crippen molar-refractivity contribution >= 4 is 6.16 Å². The maximum atomic E-state index is 10.7. The number of carbonyl (C=O) groups is 1. The number of aliphatic hydroxyl groups is 1. The van der Waals surface area contributed by atoms with Crippen LogP contribution in [0.3, 0.4) is 0 Å². The summed E-state index contributed by atoms with van der Waals surface area (Å²) >= 11 is 0. The largest absolute Gasteiger partial charge is 0.508 e. The summed E-state index contributed by atoms with van der Waals surface area (Å²) in [6.45, 7) is 2.37. The van der Waals surface area contributed by atoms with E-state index in [0.29, 0.717) is 6.61 Å². The molecule has 0 radical (unpaired) electrons. The summed E-state index contributed by atoms with van der Waals surface area (Å²) in [5.74, 6) is 0. The second-order valence-electron chi connectivity index (χ2n) is 2.73. The molecule has 0 aromatic heterocycles. The van der Waals surface area contributed by atoms with Gasteiger partial charge in [0, 0.05) is 0 Å². The summed E-state index contributed by atoms with van der Waals surface area (Å²) in [4.78, 5) is 10.7. The van der Waals surface area contributed by atoms with Gasteiger partial charge in [0.1, 0.15) is 6.61 Å². The molecule has 0 unspecified atom stereocenters. The van der Waals surface area contributed by atoms with Gasteiger partial charge >= 0.3 is 6.16 Å². The molecule has 0 saturated carbocycles. The summed E-state index contributed by atoms with van der Waals surface area (Å²) in [5.41, 5.74) is 0. The smallest absolute Gasteiger partial charge is 0.434 e. The van der Waals surface area contributed by atoms with Gasteiger partial charge in [0.2, 0.25) is 0 Å². The summed E-state index contributed by atoms with van der Waals surface area (Å²) < 4.78 is 9.20. The van der Waals surface area contributed by atoms with Crippen LogP contribution in [0.4, 0.5) is 4.79 Å². The van der Waals surface area contributed by atoms with Crippen LogP contribution in [-0.2, 0) is 9.47 Å². The van der Waals surface area contributed by atoms with Crippen LogP contribution >= 0.6 is 0 Å². The number of hydrogen-bond donors (Lipinski definition) is 1. The van der Waals surface area contributed by atoms with Crippen LogP contribution in [0.1, 0.15) is 32.6 Å². The van der Waals surface area contributed by atoms with Crippen molar-refractivity contribution in [2.75, 3.05) is 19.8 Å². The monoisotopic (exact) mass is 190 g/mol.